The van der Waals surface area contributed by atoms with Crippen LogP contribution in [0.1, 0.15) is 29.6 Å². The second-order valence-corrected chi connectivity index (χ2v) is 6.19. The van der Waals surface area contributed by atoms with Crippen LogP contribution in [-0.2, 0) is 4.79 Å². The number of carbonyl (C=O) groups excluding carboxylic acids is 2. The number of hydrogen-bond acceptors (Lipinski definition) is 3. The lowest BCUT2D eigenvalue weighted by molar-refractivity contribution is -0.111. The van der Waals surface area contributed by atoms with Crippen molar-refractivity contribution >= 4 is 17.5 Å². The highest BCUT2D eigenvalue weighted by Crippen LogP contribution is 2.27. The molecule has 1 aliphatic carbocycles. The predicted molar refractivity (Wildman–Crippen MR) is 90.4 cm³/mol. The van der Waals surface area contributed by atoms with Gasteiger partial charge in [-0.05, 0) is 43.5 Å². The zero-order chi connectivity index (χ0) is 16.2. The second-order valence-electron chi connectivity index (χ2n) is 6.19. The summed E-state index contributed by atoms with van der Waals surface area (Å²) in [5, 5.41) is 2.70. The van der Waals surface area contributed by atoms with Crippen LogP contribution in [0.3, 0.4) is 0 Å². The molecule has 5 nitrogen and oxygen atoms in total. The number of anilines is 1. The van der Waals surface area contributed by atoms with Gasteiger partial charge in [-0.1, -0.05) is 12.6 Å². The molecular formula is C18H23N3O2. The first-order valence-electron chi connectivity index (χ1n) is 8.24. The maximum Gasteiger partial charge on any atom is 0.253 e. The molecule has 1 heterocycles. The van der Waals surface area contributed by atoms with E-state index in [1.54, 1.807) is 24.3 Å². The van der Waals surface area contributed by atoms with E-state index in [0.29, 0.717) is 11.3 Å². The Hall–Kier alpha value is -2.14. The van der Waals surface area contributed by atoms with Crippen LogP contribution in [0.15, 0.2) is 36.9 Å². The molecule has 0 spiro atoms. The Bertz CT molecular complexity index is 610. The normalized spacial score (nSPS) is 19.0. The summed E-state index contributed by atoms with van der Waals surface area (Å²) >= 11 is 0. The minimum absolute atomic E-state index is 0.0392. The van der Waals surface area contributed by atoms with Crippen LogP contribution >= 0.6 is 0 Å². The summed E-state index contributed by atoms with van der Waals surface area (Å²) in [6, 6.07) is 7.85. The quantitative estimate of drug-likeness (QED) is 0.866. The fraction of sp³-hybridized carbons (Fsp3) is 0.444. The molecule has 0 radical (unpaired) electrons. The summed E-state index contributed by atoms with van der Waals surface area (Å²) in [4.78, 5) is 28.5. The van der Waals surface area contributed by atoms with Crippen molar-refractivity contribution in [2.24, 2.45) is 0 Å². The molecule has 0 aromatic heterocycles. The molecule has 2 fully saturated rings. The van der Waals surface area contributed by atoms with Gasteiger partial charge in [0, 0.05) is 43.5 Å². The third-order valence-electron chi connectivity index (χ3n) is 4.44. The molecule has 0 atom stereocenters. The minimum Gasteiger partial charge on any atom is -0.337 e. The van der Waals surface area contributed by atoms with Crippen LogP contribution in [0.4, 0.5) is 5.69 Å². The number of hydrogen-bond donors (Lipinski definition) is 1. The molecule has 3 rings (SSSR count). The van der Waals surface area contributed by atoms with E-state index < -0.39 is 0 Å². The lowest BCUT2D eigenvalue weighted by atomic mass is 10.1. The Morgan fingerprint density at radius 1 is 1.17 bits per heavy atom. The van der Waals surface area contributed by atoms with Gasteiger partial charge in [-0.3, -0.25) is 14.5 Å². The van der Waals surface area contributed by atoms with Crippen molar-refractivity contribution in [1.29, 1.82) is 0 Å². The Balaban J connectivity index is 1.65. The molecule has 23 heavy (non-hydrogen) atoms. The van der Waals surface area contributed by atoms with Gasteiger partial charge in [-0.2, -0.15) is 0 Å². The Labute approximate surface area is 137 Å². The molecule has 1 N–H and O–H groups in total. The molecule has 0 unspecified atom stereocenters. The zero-order valence-corrected chi connectivity index (χ0v) is 13.3. The van der Waals surface area contributed by atoms with Gasteiger partial charge in [-0.15, -0.1) is 0 Å². The molecular weight excluding hydrogens is 290 g/mol. The summed E-state index contributed by atoms with van der Waals surface area (Å²) in [6.45, 7) is 7.05. The molecule has 1 saturated carbocycles. The summed E-state index contributed by atoms with van der Waals surface area (Å²) in [5.41, 5.74) is 1.24. The summed E-state index contributed by atoms with van der Waals surface area (Å²) in [5.74, 6) is -0.234. The predicted octanol–water partition coefficient (Wildman–Crippen LogP) is 2.12. The lowest BCUT2D eigenvalue weighted by Crippen LogP contribution is -2.35. The molecule has 0 bridgehead atoms. The topological polar surface area (TPSA) is 52.7 Å². The van der Waals surface area contributed by atoms with Crippen molar-refractivity contribution in [1.82, 2.24) is 9.80 Å². The van der Waals surface area contributed by atoms with Gasteiger partial charge in [0.05, 0.1) is 0 Å². The first-order valence-corrected chi connectivity index (χ1v) is 8.24. The smallest absolute Gasteiger partial charge is 0.253 e. The van der Waals surface area contributed by atoms with Crippen LogP contribution in [0.25, 0.3) is 0 Å². The zero-order valence-electron chi connectivity index (χ0n) is 13.3. The third kappa shape index (κ3) is 3.99. The van der Waals surface area contributed by atoms with Crippen LogP contribution in [0.5, 0.6) is 0 Å². The monoisotopic (exact) mass is 313 g/mol. The maximum atomic E-state index is 12.7. The van der Waals surface area contributed by atoms with Crippen LogP contribution in [-0.4, -0.2) is 53.8 Å². The van der Waals surface area contributed by atoms with Crippen molar-refractivity contribution < 1.29 is 9.59 Å². The van der Waals surface area contributed by atoms with E-state index in [-0.39, 0.29) is 11.8 Å². The summed E-state index contributed by atoms with van der Waals surface area (Å²) in [7, 11) is 0. The molecule has 5 heteroatoms. The van der Waals surface area contributed by atoms with Gasteiger partial charge in [0.2, 0.25) is 5.91 Å². The van der Waals surface area contributed by atoms with Crippen molar-refractivity contribution in [3.63, 3.8) is 0 Å². The molecule has 1 aromatic rings. The summed E-state index contributed by atoms with van der Waals surface area (Å²) < 4.78 is 0. The van der Waals surface area contributed by atoms with E-state index in [2.05, 4.69) is 16.8 Å². The van der Waals surface area contributed by atoms with Crippen LogP contribution in [0, 0.1) is 0 Å². The van der Waals surface area contributed by atoms with E-state index in [1.165, 1.54) is 18.9 Å². The van der Waals surface area contributed by atoms with Crippen molar-refractivity contribution in [2.75, 3.05) is 31.5 Å². The Morgan fingerprint density at radius 2 is 2.00 bits per heavy atom. The van der Waals surface area contributed by atoms with Gasteiger partial charge in [0.15, 0.2) is 0 Å². The maximum absolute atomic E-state index is 12.7. The van der Waals surface area contributed by atoms with Crippen molar-refractivity contribution in [3.05, 3.63) is 42.5 Å². The highest BCUT2D eigenvalue weighted by Gasteiger charge is 2.30. The first kappa shape index (κ1) is 15.7. The van der Waals surface area contributed by atoms with Crippen LogP contribution < -0.4 is 5.32 Å². The molecule has 1 aromatic carbocycles. The van der Waals surface area contributed by atoms with Crippen molar-refractivity contribution in [3.8, 4) is 0 Å². The van der Waals surface area contributed by atoms with Gasteiger partial charge in [0.25, 0.3) is 5.91 Å². The molecule has 122 valence electrons. The third-order valence-corrected chi connectivity index (χ3v) is 4.44. The molecule has 2 aliphatic rings. The number of carbonyl (C=O) groups is 2. The van der Waals surface area contributed by atoms with Crippen LogP contribution in [0.2, 0.25) is 0 Å². The van der Waals surface area contributed by atoms with Crippen molar-refractivity contribution in [2.45, 2.75) is 25.3 Å². The molecule has 2 amide bonds. The molecule has 1 saturated heterocycles. The molecule has 1 aliphatic heterocycles. The van der Waals surface area contributed by atoms with Gasteiger partial charge in [-0.25, -0.2) is 0 Å². The number of nitrogens with zero attached hydrogens (tertiary/aromatic N) is 2. The van der Waals surface area contributed by atoms with E-state index in [0.717, 1.165) is 38.6 Å². The Kier molecular flexibility index (Phi) is 4.76. The fourth-order valence-corrected chi connectivity index (χ4v) is 3.05. The Morgan fingerprint density at radius 3 is 2.74 bits per heavy atom. The highest BCUT2D eigenvalue weighted by atomic mass is 16.2. The minimum atomic E-state index is -0.274. The second kappa shape index (κ2) is 6.96. The lowest BCUT2D eigenvalue weighted by Gasteiger charge is -2.22. The fourth-order valence-electron chi connectivity index (χ4n) is 3.05. The van der Waals surface area contributed by atoms with Gasteiger partial charge < -0.3 is 10.2 Å². The average molecular weight is 313 g/mol. The average Bonchev–Trinajstić information content (AvgIpc) is 3.40. The number of rotatable bonds is 4. The standard InChI is InChI=1S/C18H23N3O2/c1-2-17(22)19-15-6-3-5-14(13-15)18(23)21-10-4-9-20(11-12-21)16-7-8-16/h2-3,5-6,13,16H,1,4,7-12H2,(H,19,22). The van der Waals surface area contributed by atoms with E-state index in [1.807, 2.05) is 4.90 Å². The van der Waals surface area contributed by atoms with Gasteiger partial charge >= 0.3 is 0 Å². The highest BCUT2D eigenvalue weighted by molar-refractivity contribution is 6.00. The number of nitrogens with one attached hydrogen (secondary N) is 1. The number of amides is 2. The van der Waals surface area contributed by atoms with E-state index >= 15 is 0 Å². The number of benzene rings is 1. The van der Waals surface area contributed by atoms with E-state index in [4.69, 9.17) is 0 Å². The van der Waals surface area contributed by atoms with Gasteiger partial charge in [0.1, 0.15) is 0 Å². The largest absolute Gasteiger partial charge is 0.337 e. The van der Waals surface area contributed by atoms with E-state index in [9.17, 15) is 9.59 Å². The SMILES string of the molecule is C=CC(=O)Nc1cccc(C(=O)N2CCCN(C3CC3)CC2)c1. The first-order chi connectivity index (χ1) is 11.2. The summed E-state index contributed by atoms with van der Waals surface area (Å²) in [6.07, 6.45) is 4.85.